The summed E-state index contributed by atoms with van der Waals surface area (Å²) < 4.78 is 18.6. The number of rotatable bonds is 4. The van der Waals surface area contributed by atoms with Crippen molar-refractivity contribution in [1.29, 1.82) is 0 Å². The van der Waals surface area contributed by atoms with Crippen LogP contribution in [-0.2, 0) is 6.42 Å². The molecule has 2 rings (SSSR count). The topological polar surface area (TPSA) is 26.3 Å². The Morgan fingerprint density at radius 3 is 2.79 bits per heavy atom. The predicted molar refractivity (Wildman–Crippen MR) is 72.4 cm³/mol. The minimum absolute atomic E-state index is 0.0282. The number of carbonyl (C=O) groups is 1. The van der Waals surface area contributed by atoms with E-state index in [0.717, 1.165) is 0 Å². The molecule has 0 saturated heterocycles. The van der Waals surface area contributed by atoms with Gasteiger partial charge in [0.15, 0.2) is 5.78 Å². The second-order valence-electron chi connectivity index (χ2n) is 4.07. The van der Waals surface area contributed by atoms with Crippen LogP contribution < -0.4 is 4.74 Å². The Bertz CT molecular complexity index is 611. The summed E-state index contributed by atoms with van der Waals surface area (Å²) >= 11 is 5.80. The van der Waals surface area contributed by atoms with Crippen LogP contribution in [0.1, 0.15) is 15.9 Å². The first-order chi connectivity index (χ1) is 9.10. The van der Waals surface area contributed by atoms with Gasteiger partial charge in [-0.2, -0.15) is 0 Å². The van der Waals surface area contributed by atoms with E-state index in [4.69, 9.17) is 16.3 Å². The number of hydrogen-bond donors (Lipinski definition) is 0. The number of ether oxygens (including phenoxy) is 1. The molecule has 0 heterocycles. The highest BCUT2D eigenvalue weighted by molar-refractivity contribution is 6.30. The smallest absolute Gasteiger partial charge is 0.167 e. The zero-order valence-electron chi connectivity index (χ0n) is 10.3. The van der Waals surface area contributed by atoms with E-state index in [0.29, 0.717) is 21.9 Å². The van der Waals surface area contributed by atoms with Crippen molar-refractivity contribution in [2.75, 3.05) is 7.11 Å². The van der Waals surface area contributed by atoms with Crippen molar-refractivity contribution in [3.63, 3.8) is 0 Å². The molecule has 0 bridgehead atoms. The van der Waals surface area contributed by atoms with Crippen LogP contribution in [0.15, 0.2) is 42.5 Å². The number of ketones is 1. The van der Waals surface area contributed by atoms with Crippen molar-refractivity contribution in [2.45, 2.75) is 6.42 Å². The van der Waals surface area contributed by atoms with E-state index in [9.17, 15) is 9.18 Å². The molecule has 0 unspecified atom stereocenters. The second kappa shape index (κ2) is 5.85. The van der Waals surface area contributed by atoms with Crippen molar-refractivity contribution in [3.8, 4) is 5.75 Å². The summed E-state index contributed by atoms with van der Waals surface area (Å²) in [5.41, 5.74) is 0.777. The maximum atomic E-state index is 13.6. The van der Waals surface area contributed by atoms with Gasteiger partial charge >= 0.3 is 0 Å². The Kier molecular flexibility index (Phi) is 4.17. The Balaban J connectivity index is 2.22. The molecule has 98 valence electrons. The van der Waals surface area contributed by atoms with E-state index >= 15 is 0 Å². The molecule has 2 aromatic rings. The SMILES string of the molecule is COc1cccc(C(=O)Cc2cc(Cl)ccc2F)c1. The van der Waals surface area contributed by atoms with E-state index < -0.39 is 5.82 Å². The highest BCUT2D eigenvalue weighted by atomic mass is 35.5. The summed E-state index contributed by atoms with van der Waals surface area (Å²) in [6.45, 7) is 0. The van der Waals surface area contributed by atoms with Gasteiger partial charge in [0.2, 0.25) is 0 Å². The van der Waals surface area contributed by atoms with Crippen LogP contribution in [0.2, 0.25) is 5.02 Å². The zero-order valence-corrected chi connectivity index (χ0v) is 11.1. The maximum Gasteiger partial charge on any atom is 0.167 e. The van der Waals surface area contributed by atoms with Crippen molar-refractivity contribution in [3.05, 3.63) is 64.4 Å². The van der Waals surface area contributed by atoms with Gasteiger partial charge in [0.25, 0.3) is 0 Å². The molecule has 2 aromatic carbocycles. The number of hydrogen-bond acceptors (Lipinski definition) is 2. The van der Waals surface area contributed by atoms with E-state index in [1.54, 1.807) is 24.3 Å². The lowest BCUT2D eigenvalue weighted by Gasteiger charge is -2.05. The Morgan fingerprint density at radius 2 is 2.05 bits per heavy atom. The van der Waals surface area contributed by atoms with E-state index in [-0.39, 0.29) is 12.2 Å². The molecule has 0 saturated carbocycles. The monoisotopic (exact) mass is 278 g/mol. The second-order valence-corrected chi connectivity index (χ2v) is 4.50. The van der Waals surface area contributed by atoms with Gasteiger partial charge in [0.1, 0.15) is 11.6 Å². The molecule has 0 spiro atoms. The highest BCUT2D eigenvalue weighted by Gasteiger charge is 2.11. The molecule has 0 radical (unpaired) electrons. The number of halogens is 2. The largest absolute Gasteiger partial charge is 0.497 e. The number of benzene rings is 2. The van der Waals surface area contributed by atoms with Crippen LogP contribution in [0.5, 0.6) is 5.75 Å². The standard InChI is InChI=1S/C15H12ClFO2/c1-19-13-4-2-3-10(8-13)15(18)9-11-7-12(16)5-6-14(11)17/h2-8H,9H2,1H3. The van der Waals surface area contributed by atoms with Crippen LogP contribution in [0.3, 0.4) is 0 Å². The van der Waals surface area contributed by atoms with Crippen molar-refractivity contribution >= 4 is 17.4 Å². The first-order valence-electron chi connectivity index (χ1n) is 5.71. The Labute approximate surface area is 115 Å². The van der Waals surface area contributed by atoms with Crippen molar-refractivity contribution < 1.29 is 13.9 Å². The normalized spacial score (nSPS) is 10.3. The minimum atomic E-state index is -0.430. The lowest BCUT2D eigenvalue weighted by molar-refractivity contribution is 0.0991. The fraction of sp³-hybridized carbons (Fsp3) is 0.133. The molecule has 0 fully saturated rings. The van der Waals surface area contributed by atoms with Gasteiger partial charge in [-0.1, -0.05) is 23.7 Å². The molecule has 0 N–H and O–H groups in total. The summed E-state index contributed by atoms with van der Waals surface area (Å²) in [5, 5.41) is 0.412. The molecule has 19 heavy (non-hydrogen) atoms. The summed E-state index contributed by atoms with van der Waals surface area (Å²) in [7, 11) is 1.53. The summed E-state index contributed by atoms with van der Waals surface area (Å²) in [5.74, 6) is -0.0156. The molecule has 0 amide bonds. The lowest BCUT2D eigenvalue weighted by atomic mass is 10.0. The molecule has 0 aromatic heterocycles. The van der Waals surface area contributed by atoms with E-state index in [1.165, 1.54) is 25.3 Å². The van der Waals surface area contributed by atoms with Crippen LogP contribution in [0.25, 0.3) is 0 Å². The zero-order chi connectivity index (χ0) is 13.8. The molecule has 4 heteroatoms. The van der Waals surface area contributed by atoms with Crippen LogP contribution in [-0.4, -0.2) is 12.9 Å². The Hall–Kier alpha value is -1.87. The van der Waals surface area contributed by atoms with Crippen molar-refractivity contribution in [2.24, 2.45) is 0 Å². The number of methoxy groups -OCH3 is 1. The molecular formula is C15H12ClFO2. The quantitative estimate of drug-likeness (QED) is 0.793. The van der Waals surface area contributed by atoms with Gasteiger partial charge < -0.3 is 4.74 Å². The average molecular weight is 279 g/mol. The van der Waals surface area contributed by atoms with Gasteiger partial charge in [-0.3, -0.25) is 4.79 Å². The number of Topliss-reactive ketones (excluding diaryl/α,β-unsaturated/α-hetero) is 1. The third-order valence-corrected chi connectivity index (χ3v) is 2.99. The first-order valence-corrected chi connectivity index (χ1v) is 6.09. The average Bonchev–Trinajstić information content (AvgIpc) is 2.43. The van der Waals surface area contributed by atoms with Gasteiger partial charge in [-0.15, -0.1) is 0 Å². The third-order valence-electron chi connectivity index (χ3n) is 2.75. The molecule has 0 aliphatic heterocycles. The molecule has 0 aliphatic carbocycles. The first kappa shape index (κ1) is 13.6. The number of carbonyl (C=O) groups excluding carboxylic acids is 1. The summed E-state index contributed by atoms with van der Waals surface area (Å²) in [6.07, 6.45) is -0.0282. The van der Waals surface area contributed by atoms with E-state index in [1.807, 2.05) is 0 Å². The van der Waals surface area contributed by atoms with Crippen LogP contribution in [0, 0.1) is 5.82 Å². The van der Waals surface area contributed by atoms with Crippen molar-refractivity contribution in [1.82, 2.24) is 0 Å². The third kappa shape index (κ3) is 3.32. The van der Waals surface area contributed by atoms with E-state index in [2.05, 4.69) is 0 Å². The van der Waals surface area contributed by atoms with Gasteiger partial charge in [-0.25, -0.2) is 4.39 Å². The van der Waals surface area contributed by atoms with Crippen LogP contribution >= 0.6 is 11.6 Å². The summed E-state index contributed by atoms with van der Waals surface area (Å²) in [6, 6.07) is 11.0. The van der Waals surface area contributed by atoms with Gasteiger partial charge in [0, 0.05) is 17.0 Å². The maximum absolute atomic E-state index is 13.6. The minimum Gasteiger partial charge on any atom is -0.497 e. The highest BCUT2D eigenvalue weighted by Crippen LogP contribution is 2.19. The lowest BCUT2D eigenvalue weighted by Crippen LogP contribution is -2.05. The fourth-order valence-electron chi connectivity index (χ4n) is 1.75. The molecular weight excluding hydrogens is 267 g/mol. The predicted octanol–water partition coefficient (Wildman–Crippen LogP) is 3.91. The Morgan fingerprint density at radius 1 is 1.26 bits per heavy atom. The van der Waals surface area contributed by atoms with Crippen LogP contribution in [0.4, 0.5) is 4.39 Å². The van der Waals surface area contributed by atoms with Gasteiger partial charge in [0.05, 0.1) is 7.11 Å². The summed E-state index contributed by atoms with van der Waals surface area (Å²) in [4.78, 5) is 12.1. The van der Waals surface area contributed by atoms with Gasteiger partial charge in [-0.05, 0) is 35.9 Å². The molecule has 2 nitrogen and oxygen atoms in total. The molecule has 0 atom stereocenters. The fourth-order valence-corrected chi connectivity index (χ4v) is 1.95. The molecule has 0 aliphatic rings.